The summed E-state index contributed by atoms with van der Waals surface area (Å²) in [5.74, 6) is 2.21. The number of carbonyl (C=O) groups is 4. The van der Waals surface area contributed by atoms with Crippen LogP contribution in [0.5, 0.6) is 0 Å². The molecule has 10 nitrogen and oxygen atoms in total. The molecule has 1 saturated heterocycles. The van der Waals surface area contributed by atoms with Crippen LogP contribution in [-0.4, -0.2) is 65.7 Å². The van der Waals surface area contributed by atoms with Gasteiger partial charge < -0.3 is 29.4 Å². The highest BCUT2D eigenvalue weighted by atomic mass is 16.7. The van der Waals surface area contributed by atoms with E-state index in [0.29, 0.717) is 23.7 Å². The van der Waals surface area contributed by atoms with Crippen molar-refractivity contribution in [2.75, 3.05) is 6.61 Å². The van der Waals surface area contributed by atoms with E-state index < -0.39 is 54.0 Å². The van der Waals surface area contributed by atoms with Gasteiger partial charge in [0.1, 0.15) is 18.2 Å². The standard InChI is InChI=1S/C41H67NO9/c1-23(2)11-10-12-24(3)32-15-16-33-31-14-13-29-21-30(17-19-39(29,8)34(31)18-20-40(32,33)9)41(22-48-26(5)44)37(50-28(7)46)36(49-27(6)45)35(38(47)51-41)42-25(4)43/h23-24,29-38,47H,10-22H2,1-9H3,(H,42,43)/t24-,29?,30?,31+,32-,33+,34+,35-,36-,37+,38-,39+,40-,41+/m1/s1. The molecule has 0 radical (unpaired) electrons. The molecule has 51 heavy (non-hydrogen) atoms. The Hall–Kier alpha value is -2.20. The number of rotatable bonds is 11. The summed E-state index contributed by atoms with van der Waals surface area (Å²) >= 11 is 0. The van der Waals surface area contributed by atoms with E-state index in [2.05, 4.69) is 39.9 Å². The number of amides is 1. The number of aliphatic hydroxyl groups excluding tert-OH is 1. The fourth-order valence-electron chi connectivity index (χ4n) is 12.6. The van der Waals surface area contributed by atoms with Gasteiger partial charge in [0, 0.05) is 27.7 Å². The Labute approximate surface area is 306 Å². The number of hydrogen-bond acceptors (Lipinski definition) is 9. The first kappa shape index (κ1) is 40.0. The first-order valence-corrected chi connectivity index (χ1v) is 20.0. The highest BCUT2D eigenvalue weighted by Gasteiger charge is 2.66. The Balaban J connectivity index is 1.41. The van der Waals surface area contributed by atoms with Gasteiger partial charge in [-0.3, -0.25) is 19.2 Å². The van der Waals surface area contributed by atoms with E-state index in [9.17, 15) is 24.3 Å². The first-order chi connectivity index (χ1) is 23.9. The molecule has 4 saturated carbocycles. The summed E-state index contributed by atoms with van der Waals surface area (Å²) in [6.45, 7) is 17.1. The molecule has 2 N–H and O–H groups in total. The predicted octanol–water partition coefficient (Wildman–Crippen LogP) is 6.74. The number of fused-ring (bicyclic) bond motifs is 5. The summed E-state index contributed by atoms with van der Waals surface area (Å²) in [7, 11) is 0. The van der Waals surface area contributed by atoms with Crippen LogP contribution >= 0.6 is 0 Å². The van der Waals surface area contributed by atoms with E-state index in [0.717, 1.165) is 48.9 Å². The summed E-state index contributed by atoms with van der Waals surface area (Å²) in [5, 5.41) is 14.1. The number of hydrogen-bond donors (Lipinski definition) is 2. The minimum atomic E-state index is -1.61. The Morgan fingerprint density at radius 3 is 2.10 bits per heavy atom. The van der Waals surface area contributed by atoms with Gasteiger partial charge in [0.2, 0.25) is 5.91 Å². The average molecular weight is 718 g/mol. The second-order valence-corrected chi connectivity index (χ2v) is 18.2. The van der Waals surface area contributed by atoms with Crippen LogP contribution in [0.4, 0.5) is 0 Å². The summed E-state index contributed by atoms with van der Waals surface area (Å²) in [5.41, 5.74) is -0.964. The fraction of sp³-hybridized carbons (Fsp3) is 0.902. The zero-order chi connectivity index (χ0) is 37.5. The highest BCUT2D eigenvalue weighted by Crippen LogP contribution is 2.69. The molecule has 14 atom stereocenters. The number of nitrogens with one attached hydrogen (secondary N) is 1. The molecular weight excluding hydrogens is 650 g/mol. The van der Waals surface area contributed by atoms with E-state index in [4.69, 9.17) is 18.9 Å². The molecule has 4 aliphatic carbocycles. The van der Waals surface area contributed by atoms with Crippen molar-refractivity contribution in [2.24, 2.45) is 58.2 Å². The van der Waals surface area contributed by atoms with Crippen LogP contribution in [-0.2, 0) is 38.1 Å². The number of ether oxygens (including phenoxy) is 4. The summed E-state index contributed by atoms with van der Waals surface area (Å²) in [6.07, 6.45) is 9.77. The summed E-state index contributed by atoms with van der Waals surface area (Å²) in [4.78, 5) is 49.6. The monoisotopic (exact) mass is 717 g/mol. The molecule has 290 valence electrons. The lowest BCUT2D eigenvalue weighted by Crippen LogP contribution is -2.73. The minimum absolute atomic E-state index is 0.128. The second-order valence-electron chi connectivity index (χ2n) is 18.2. The lowest BCUT2D eigenvalue weighted by atomic mass is 9.43. The largest absolute Gasteiger partial charge is 0.463 e. The van der Waals surface area contributed by atoms with Gasteiger partial charge in [-0.1, -0.05) is 53.9 Å². The van der Waals surface area contributed by atoms with Gasteiger partial charge in [-0.05, 0) is 116 Å². The van der Waals surface area contributed by atoms with Crippen molar-refractivity contribution in [3.63, 3.8) is 0 Å². The molecule has 10 heteroatoms. The lowest BCUT2D eigenvalue weighted by Gasteiger charge is -2.63. The Kier molecular flexibility index (Phi) is 12.3. The summed E-state index contributed by atoms with van der Waals surface area (Å²) < 4.78 is 23.8. The van der Waals surface area contributed by atoms with E-state index in [1.54, 1.807) is 0 Å². The molecule has 1 aliphatic heterocycles. The Morgan fingerprint density at radius 2 is 1.47 bits per heavy atom. The van der Waals surface area contributed by atoms with Crippen LogP contribution < -0.4 is 5.32 Å². The smallest absolute Gasteiger partial charge is 0.303 e. The van der Waals surface area contributed by atoms with Crippen LogP contribution in [0.1, 0.15) is 139 Å². The normalized spacial score (nSPS) is 42.5. The van der Waals surface area contributed by atoms with Gasteiger partial charge in [-0.25, -0.2) is 0 Å². The molecule has 1 amide bonds. The van der Waals surface area contributed by atoms with Crippen molar-refractivity contribution < 1.29 is 43.2 Å². The maximum atomic E-state index is 12.7. The molecule has 1 heterocycles. The molecule has 5 rings (SSSR count). The van der Waals surface area contributed by atoms with E-state index in [1.807, 2.05) is 0 Å². The third-order valence-electron chi connectivity index (χ3n) is 14.8. The van der Waals surface area contributed by atoms with Crippen LogP contribution in [0.25, 0.3) is 0 Å². The second kappa shape index (κ2) is 15.6. The van der Waals surface area contributed by atoms with Crippen molar-refractivity contribution in [3.8, 4) is 0 Å². The van der Waals surface area contributed by atoms with Crippen molar-refractivity contribution >= 4 is 23.8 Å². The molecular formula is C41H67NO9. The maximum Gasteiger partial charge on any atom is 0.303 e. The molecule has 5 fully saturated rings. The molecule has 2 unspecified atom stereocenters. The van der Waals surface area contributed by atoms with Gasteiger partial charge in [0.15, 0.2) is 18.5 Å². The van der Waals surface area contributed by atoms with Crippen LogP contribution in [0.3, 0.4) is 0 Å². The number of esters is 3. The SMILES string of the molecule is CC(=O)N[C@@H]1[C@@H](OC(C)=O)[C@H](OC(C)=O)[C@](COC(C)=O)(C2CC[C@@]3(C)C(CC[C@H]4[C@@H]5CC[C@H]([C@H](C)CCCC(C)C)[C@@]5(C)CC[C@@H]43)C2)O[C@H]1O. The zero-order valence-corrected chi connectivity index (χ0v) is 32.8. The van der Waals surface area contributed by atoms with Crippen LogP contribution in [0, 0.1) is 58.2 Å². The zero-order valence-electron chi connectivity index (χ0n) is 32.8. The van der Waals surface area contributed by atoms with Crippen LogP contribution in [0.15, 0.2) is 0 Å². The molecule has 0 aromatic rings. The van der Waals surface area contributed by atoms with Crippen LogP contribution in [0.2, 0.25) is 0 Å². The van der Waals surface area contributed by atoms with E-state index in [1.165, 1.54) is 79.1 Å². The third-order valence-corrected chi connectivity index (χ3v) is 14.8. The fourth-order valence-corrected chi connectivity index (χ4v) is 12.6. The number of aliphatic hydroxyl groups is 1. The summed E-state index contributed by atoms with van der Waals surface area (Å²) in [6, 6.07) is -1.20. The number of carbonyl (C=O) groups excluding carboxylic acids is 4. The highest BCUT2D eigenvalue weighted by molar-refractivity contribution is 5.73. The van der Waals surface area contributed by atoms with Gasteiger partial charge in [-0.15, -0.1) is 0 Å². The molecule has 0 spiro atoms. The Morgan fingerprint density at radius 1 is 0.804 bits per heavy atom. The van der Waals surface area contributed by atoms with E-state index in [-0.39, 0.29) is 17.9 Å². The maximum absolute atomic E-state index is 12.7. The Bertz CT molecular complexity index is 1290. The minimum Gasteiger partial charge on any atom is -0.463 e. The van der Waals surface area contributed by atoms with E-state index >= 15 is 0 Å². The molecule has 0 aromatic heterocycles. The van der Waals surface area contributed by atoms with Gasteiger partial charge in [-0.2, -0.15) is 0 Å². The average Bonchev–Trinajstić information content (AvgIpc) is 3.39. The molecule has 0 bridgehead atoms. The molecule has 5 aliphatic rings. The van der Waals surface area contributed by atoms with Crippen molar-refractivity contribution in [1.29, 1.82) is 0 Å². The van der Waals surface area contributed by atoms with Crippen molar-refractivity contribution in [3.05, 3.63) is 0 Å². The molecule has 0 aromatic carbocycles. The van der Waals surface area contributed by atoms with Gasteiger partial charge in [0.25, 0.3) is 0 Å². The third kappa shape index (κ3) is 7.88. The predicted molar refractivity (Wildman–Crippen MR) is 192 cm³/mol. The lowest BCUT2D eigenvalue weighted by molar-refractivity contribution is -0.326. The van der Waals surface area contributed by atoms with Gasteiger partial charge >= 0.3 is 17.9 Å². The van der Waals surface area contributed by atoms with Crippen molar-refractivity contribution in [1.82, 2.24) is 5.32 Å². The van der Waals surface area contributed by atoms with Gasteiger partial charge in [0.05, 0.1) is 0 Å². The quantitative estimate of drug-likeness (QED) is 0.176. The van der Waals surface area contributed by atoms with Crippen molar-refractivity contribution in [2.45, 2.75) is 170 Å². The topological polar surface area (TPSA) is 137 Å². The first-order valence-electron chi connectivity index (χ1n) is 20.0.